The van der Waals surface area contributed by atoms with Crippen LogP contribution in [0.3, 0.4) is 0 Å². The summed E-state index contributed by atoms with van der Waals surface area (Å²) >= 11 is 1.57. The fraction of sp³-hybridized carbons (Fsp3) is 0.158. The van der Waals surface area contributed by atoms with Crippen molar-refractivity contribution in [1.29, 1.82) is 0 Å². The minimum atomic E-state index is -0.586. The first-order chi connectivity index (χ1) is 12.3. The minimum absolute atomic E-state index is 0.387. The molecule has 1 unspecified atom stereocenters. The predicted octanol–water partition coefficient (Wildman–Crippen LogP) is 3.52. The van der Waals surface area contributed by atoms with Gasteiger partial charge in [-0.1, -0.05) is 42.5 Å². The zero-order valence-corrected chi connectivity index (χ0v) is 14.7. The molecule has 0 saturated carbocycles. The second kappa shape index (κ2) is 8.62. The Labute approximate surface area is 151 Å². The fourth-order valence-corrected chi connectivity index (χ4v) is 2.93. The first-order valence-electron chi connectivity index (χ1n) is 7.99. The van der Waals surface area contributed by atoms with Gasteiger partial charge in [0.05, 0.1) is 11.8 Å². The molecule has 0 spiro atoms. The Hall–Kier alpha value is -2.41. The highest BCUT2D eigenvalue weighted by molar-refractivity contribution is 7.97. The predicted molar refractivity (Wildman–Crippen MR) is 102 cm³/mol. The monoisotopic (exact) mass is 352 g/mol. The number of benzene rings is 2. The van der Waals surface area contributed by atoms with E-state index >= 15 is 0 Å². The molecule has 0 aliphatic rings. The fourth-order valence-electron chi connectivity index (χ4n) is 2.42. The topological polar surface area (TPSA) is 70.1 Å². The molecule has 5 nitrogen and oxygen atoms in total. The van der Waals surface area contributed by atoms with Gasteiger partial charge in [-0.25, -0.2) is 9.97 Å². The molecule has 3 rings (SSSR count). The minimum Gasteiger partial charge on any atom is -0.387 e. The number of nitrogens with one attached hydrogen (secondary N) is 2. The Morgan fingerprint density at radius 3 is 2.52 bits per heavy atom. The Kier molecular flexibility index (Phi) is 6.00. The number of nitrogens with zero attached hydrogens (tertiary/aromatic N) is 2. The van der Waals surface area contributed by atoms with Crippen LogP contribution in [0.1, 0.15) is 11.7 Å². The van der Waals surface area contributed by atoms with E-state index in [0.29, 0.717) is 12.4 Å². The lowest BCUT2D eigenvalue weighted by Crippen LogP contribution is -2.13. The third-order valence-corrected chi connectivity index (χ3v) is 4.41. The van der Waals surface area contributed by atoms with Crippen LogP contribution in [0, 0.1) is 0 Å². The van der Waals surface area contributed by atoms with E-state index in [9.17, 15) is 5.11 Å². The maximum Gasteiger partial charge on any atom is 0.130 e. The van der Waals surface area contributed by atoms with E-state index in [1.165, 1.54) is 6.33 Å². The third-order valence-electron chi connectivity index (χ3n) is 3.70. The zero-order valence-electron chi connectivity index (χ0n) is 13.9. The molecule has 0 bridgehead atoms. The summed E-state index contributed by atoms with van der Waals surface area (Å²) in [6.07, 6.45) is 0.945. The second-order valence-corrected chi connectivity index (χ2v) is 6.51. The van der Waals surface area contributed by atoms with Crippen molar-refractivity contribution >= 4 is 17.8 Å². The maximum atomic E-state index is 10.2. The van der Waals surface area contributed by atoms with Gasteiger partial charge in [0.25, 0.3) is 0 Å². The Balaban J connectivity index is 1.67. The van der Waals surface area contributed by atoms with Crippen molar-refractivity contribution in [3.05, 3.63) is 72.6 Å². The number of aliphatic hydroxyl groups excluding tert-OH is 1. The van der Waals surface area contributed by atoms with Crippen molar-refractivity contribution in [2.45, 2.75) is 11.0 Å². The largest absolute Gasteiger partial charge is 0.387 e. The van der Waals surface area contributed by atoms with Crippen LogP contribution in [0.25, 0.3) is 11.3 Å². The van der Waals surface area contributed by atoms with Crippen molar-refractivity contribution in [3.63, 3.8) is 0 Å². The van der Waals surface area contributed by atoms with Gasteiger partial charge in [0.15, 0.2) is 0 Å². The van der Waals surface area contributed by atoms with E-state index in [1.807, 2.05) is 67.7 Å². The Morgan fingerprint density at radius 2 is 1.80 bits per heavy atom. The molecule has 0 amide bonds. The molecule has 0 fully saturated rings. The number of aromatic nitrogens is 2. The van der Waals surface area contributed by atoms with E-state index in [1.54, 1.807) is 11.9 Å². The highest BCUT2D eigenvalue weighted by atomic mass is 32.2. The van der Waals surface area contributed by atoms with Crippen LogP contribution in [0.4, 0.5) is 5.82 Å². The van der Waals surface area contributed by atoms with Gasteiger partial charge in [0.2, 0.25) is 0 Å². The molecule has 1 aromatic heterocycles. The molecule has 128 valence electrons. The summed E-state index contributed by atoms with van der Waals surface area (Å²) in [7, 11) is 1.89. The number of hydrogen-bond acceptors (Lipinski definition) is 6. The van der Waals surface area contributed by atoms with Gasteiger partial charge in [0.1, 0.15) is 12.1 Å². The van der Waals surface area contributed by atoms with Crippen LogP contribution in [0.2, 0.25) is 0 Å². The third kappa shape index (κ3) is 4.79. The number of hydrogen-bond donors (Lipinski definition) is 3. The molecule has 0 aliphatic carbocycles. The lowest BCUT2D eigenvalue weighted by atomic mass is 10.1. The van der Waals surface area contributed by atoms with Gasteiger partial charge >= 0.3 is 0 Å². The van der Waals surface area contributed by atoms with Crippen LogP contribution in [0.15, 0.2) is 71.9 Å². The average molecular weight is 352 g/mol. The quantitative estimate of drug-likeness (QED) is 0.565. The molecule has 0 saturated heterocycles. The molecule has 3 N–H and O–H groups in total. The number of rotatable bonds is 7. The average Bonchev–Trinajstić information content (AvgIpc) is 2.68. The molecule has 6 heteroatoms. The molecule has 3 aromatic rings. The molecular formula is C19H20N4OS. The van der Waals surface area contributed by atoms with E-state index in [0.717, 1.165) is 21.7 Å². The van der Waals surface area contributed by atoms with Crippen molar-refractivity contribution in [2.24, 2.45) is 0 Å². The van der Waals surface area contributed by atoms with Gasteiger partial charge in [-0.3, -0.25) is 4.72 Å². The van der Waals surface area contributed by atoms with Crippen molar-refractivity contribution < 1.29 is 5.11 Å². The van der Waals surface area contributed by atoms with Crippen LogP contribution < -0.4 is 10.0 Å². The highest BCUT2D eigenvalue weighted by Gasteiger charge is 2.08. The first-order valence-corrected chi connectivity index (χ1v) is 8.81. The first kappa shape index (κ1) is 17.4. The smallest absolute Gasteiger partial charge is 0.130 e. The van der Waals surface area contributed by atoms with Gasteiger partial charge in [-0.05, 0) is 36.7 Å². The Bertz CT molecular complexity index is 796. The standard InChI is InChI=1S/C19H20N4OS/c1-20-25-16-9-7-14(8-10-16)17-11-19(23-13-22-17)21-12-18(24)15-5-3-2-4-6-15/h2-11,13,18,20,24H,12H2,1H3,(H,21,22,23). The summed E-state index contributed by atoms with van der Waals surface area (Å²) in [6.45, 7) is 0.387. The maximum absolute atomic E-state index is 10.2. The van der Waals surface area contributed by atoms with Gasteiger partial charge in [0, 0.05) is 23.1 Å². The second-order valence-electron chi connectivity index (χ2n) is 5.43. The highest BCUT2D eigenvalue weighted by Crippen LogP contribution is 2.22. The van der Waals surface area contributed by atoms with E-state index in [4.69, 9.17) is 0 Å². The van der Waals surface area contributed by atoms with E-state index < -0.39 is 6.10 Å². The van der Waals surface area contributed by atoms with Gasteiger partial charge < -0.3 is 10.4 Å². The zero-order chi connectivity index (χ0) is 17.5. The normalized spacial score (nSPS) is 11.9. The van der Waals surface area contributed by atoms with Crippen LogP contribution in [-0.4, -0.2) is 28.7 Å². The molecular weight excluding hydrogens is 332 g/mol. The molecule has 1 atom stereocenters. The van der Waals surface area contributed by atoms with Crippen LogP contribution in [0.5, 0.6) is 0 Å². The molecule has 25 heavy (non-hydrogen) atoms. The summed E-state index contributed by atoms with van der Waals surface area (Å²) in [5.74, 6) is 0.689. The van der Waals surface area contributed by atoms with Crippen LogP contribution >= 0.6 is 11.9 Å². The number of anilines is 1. The Morgan fingerprint density at radius 1 is 1.04 bits per heavy atom. The SMILES string of the molecule is CNSc1ccc(-c2cc(NCC(O)c3ccccc3)ncn2)cc1. The molecule has 1 heterocycles. The summed E-state index contributed by atoms with van der Waals surface area (Å²) in [4.78, 5) is 9.71. The summed E-state index contributed by atoms with van der Waals surface area (Å²) in [6, 6.07) is 19.6. The molecule has 0 aliphatic heterocycles. The summed E-state index contributed by atoms with van der Waals surface area (Å²) in [5.41, 5.74) is 2.74. The summed E-state index contributed by atoms with van der Waals surface area (Å²) in [5, 5.41) is 13.4. The lowest BCUT2D eigenvalue weighted by Gasteiger charge is -2.13. The van der Waals surface area contributed by atoms with Crippen LogP contribution in [-0.2, 0) is 0 Å². The van der Waals surface area contributed by atoms with Gasteiger partial charge in [-0.15, -0.1) is 0 Å². The molecule has 2 aromatic carbocycles. The van der Waals surface area contributed by atoms with Crippen molar-refractivity contribution in [3.8, 4) is 11.3 Å². The van der Waals surface area contributed by atoms with Crippen molar-refractivity contribution in [2.75, 3.05) is 18.9 Å². The number of aliphatic hydroxyl groups is 1. The van der Waals surface area contributed by atoms with Gasteiger partial charge in [-0.2, -0.15) is 0 Å². The van der Waals surface area contributed by atoms with E-state index in [2.05, 4.69) is 20.0 Å². The lowest BCUT2D eigenvalue weighted by molar-refractivity contribution is 0.191. The molecule has 0 radical (unpaired) electrons. The summed E-state index contributed by atoms with van der Waals surface area (Å²) < 4.78 is 3.05. The van der Waals surface area contributed by atoms with E-state index in [-0.39, 0.29) is 0 Å². The van der Waals surface area contributed by atoms with Crippen molar-refractivity contribution in [1.82, 2.24) is 14.7 Å².